The minimum Gasteiger partial charge on any atom is -0.481 e. The Balaban J connectivity index is 1.38. The summed E-state index contributed by atoms with van der Waals surface area (Å²) in [4.78, 5) is 8.48. The lowest BCUT2D eigenvalue weighted by Gasteiger charge is -2.51. The Morgan fingerprint density at radius 1 is 1.15 bits per heavy atom. The Hall–Kier alpha value is -1.94. The van der Waals surface area contributed by atoms with Crippen molar-refractivity contribution in [2.24, 2.45) is 5.41 Å². The van der Waals surface area contributed by atoms with Crippen LogP contribution < -0.4 is 14.8 Å². The zero-order valence-electron chi connectivity index (χ0n) is 18.9. The number of fused-ring (bicyclic) bond motifs is 3. The Labute approximate surface area is 199 Å². The molecule has 4 heterocycles. The zero-order valence-corrected chi connectivity index (χ0v) is 20.4. The maximum Gasteiger partial charge on any atom is 0.245 e. The molecule has 0 radical (unpaired) electrons. The van der Waals surface area contributed by atoms with Crippen LogP contribution in [-0.2, 0) is 20.3 Å². The largest absolute Gasteiger partial charge is 0.481 e. The lowest BCUT2D eigenvalue weighted by molar-refractivity contribution is -0.169. The van der Waals surface area contributed by atoms with Crippen LogP contribution >= 0.6 is 11.6 Å². The van der Waals surface area contributed by atoms with Crippen LogP contribution in [0.25, 0.3) is 0 Å². The minimum atomic E-state index is -3.92. The lowest BCUT2D eigenvalue weighted by Crippen LogP contribution is -2.53. The predicted octanol–water partition coefficient (Wildman–Crippen LogP) is 3.87. The molecule has 0 amide bonds. The fourth-order valence-corrected chi connectivity index (χ4v) is 6.69. The Bertz CT molecular complexity index is 1140. The van der Waals surface area contributed by atoms with E-state index in [1.807, 2.05) is 6.07 Å². The van der Waals surface area contributed by atoms with Gasteiger partial charge in [-0.2, -0.15) is 0 Å². The van der Waals surface area contributed by atoms with E-state index in [1.165, 1.54) is 19.4 Å². The maximum absolute atomic E-state index is 13.5. The van der Waals surface area contributed by atoms with Gasteiger partial charge >= 0.3 is 0 Å². The molecular weight excluding hydrogens is 464 g/mol. The van der Waals surface area contributed by atoms with Crippen molar-refractivity contribution in [3.63, 3.8) is 0 Å². The first-order valence-corrected chi connectivity index (χ1v) is 13.1. The first kappa shape index (κ1) is 22.8. The number of nitrogens with zero attached hydrogens (tertiary/aromatic N) is 2. The molecule has 2 aromatic rings. The topological polar surface area (TPSA) is 102 Å². The molecule has 2 aliphatic heterocycles. The molecule has 2 bridgehead atoms. The van der Waals surface area contributed by atoms with Gasteiger partial charge in [0.05, 0.1) is 29.9 Å². The predicted molar refractivity (Wildman–Crippen MR) is 125 cm³/mol. The van der Waals surface area contributed by atoms with Crippen LogP contribution in [0, 0.1) is 5.41 Å². The van der Waals surface area contributed by atoms with E-state index in [0.29, 0.717) is 25.3 Å². The summed E-state index contributed by atoms with van der Waals surface area (Å²) in [7, 11) is -2.38. The highest BCUT2D eigenvalue weighted by Gasteiger charge is 2.49. The molecule has 4 aliphatic rings. The molecule has 10 heteroatoms. The van der Waals surface area contributed by atoms with E-state index in [1.54, 1.807) is 12.3 Å². The summed E-state index contributed by atoms with van der Waals surface area (Å²) in [5.41, 5.74) is 0.126. The van der Waals surface area contributed by atoms with Crippen molar-refractivity contribution in [1.82, 2.24) is 14.7 Å². The second kappa shape index (κ2) is 8.08. The van der Waals surface area contributed by atoms with Crippen LogP contribution in [0.5, 0.6) is 5.88 Å². The first-order valence-electron chi connectivity index (χ1n) is 11.2. The normalized spacial score (nSPS) is 27.8. The molecule has 2 saturated heterocycles. The third kappa shape index (κ3) is 4.43. The maximum atomic E-state index is 13.5. The summed E-state index contributed by atoms with van der Waals surface area (Å²) in [5, 5.41) is 3.53. The number of halogens is 1. The van der Waals surface area contributed by atoms with Crippen molar-refractivity contribution < 1.29 is 17.9 Å². The second-order valence-electron chi connectivity index (χ2n) is 9.91. The molecule has 2 aromatic heterocycles. The van der Waals surface area contributed by atoms with Crippen molar-refractivity contribution in [2.45, 2.75) is 61.5 Å². The smallest absolute Gasteiger partial charge is 0.245 e. The third-order valence-corrected chi connectivity index (χ3v) is 9.11. The van der Waals surface area contributed by atoms with Gasteiger partial charge in [-0.3, -0.25) is 0 Å². The van der Waals surface area contributed by atoms with Gasteiger partial charge in [0, 0.05) is 25.0 Å². The molecule has 33 heavy (non-hydrogen) atoms. The molecule has 2 aliphatic carbocycles. The van der Waals surface area contributed by atoms with Gasteiger partial charge in [0.1, 0.15) is 10.7 Å². The summed E-state index contributed by atoms with van der Waals surface area (Å²) in [6.07, 6.45) is 8.60. The summed E-state index contributed by atoms with van der Waals surface area (Å²) < 4.78 is 41.3. The highest BCUT2D eigenvalue weighted by Crippen LogP contribution is 2.49. The first-order chi connectivity index (χ1) is 15.7. The summed E-state index contributed by atoms with van der Waals surface area (Å²) in [6, 6.07) is 5.02. The average Bonchev–Trinajstić information content (AvgIpc) is 3.59. The average molecular weight is 493 g/mol. The Morgan fingerprint density at radius 2 is 1.91 bits per heavy atom. The quantitative estimate of drug-likeness (QED) is 0.576. The molecule has 0 atom stereocenters. The molecule has 178 valence electrons. The number of rotatable bonds is 8. The number of pyridine rings is 2. The Morgan fingerprint density at radius 3 is 2.55 bits per heavy atom. The molecule has 2 saturated carbocycles. The number of hydrogen-bond donors (Lipinski definition) is 2. The monoisotopic (exact) mass is 492 g/mol. The number of sulfonamides is 1. The number of methoxy groups -OCH3 is 1. The standard InChI is InChI=1S/C23H29ClN4O4S/c1-21-4-6-22(7-5-21,32-15-21)14-27-20-18(12-17(24)13-26-20)33(29,30)28-23(8-9-23)16-3-10-25-19(11-16)31-2/h3,10-13,28H,4-9,14-15H2,1-2H3,(H,26,27). The van der Waals surface area contributed by atoms with Gasteiger partial charge in [-0.05, 0) is 61.6 Å². The molecule has 8 nitrogen and oxygen atoms in total. The van der Waals surface area contributed by atoms with Gasteiger partial charge in [0.25, 0.3) is 0 Å². The van der Waals surface area contributed by atoms with E-state index in [2.05, 4.69) is 26.9 Å². The second-order valence-corrected chi connectivity index (χ2v) is 12.0. The van der Waals surface area contributed by atoms with Gasteiger partial charge in [-0.15, -0.1) is 0 Å². The zero-order chi connectivity index (χ0) is 23.3. The molecule has 0 spiro atoms. The fraction of sp³-hybridized carbons (Fsp3) is 0.565. The van der Waals surface area contributed by atoms with Gasteiger partial charge in [0.15, 0.2) is 0 Å². The number of nitrogens with one attached hydrogen (secondary N) is 2. The van der Waals surface area contributed by atoms with E-state index >= 15 is 0 Å². The summed E-state index contributed by atoms with van der Waals surface area (Å²) >= 11 is 6.16. The van der Waals surface area contributed by atoms with Crippen molar-refractivity contribution in [3.8, 4) is 5.88 Å². The highest BCUT2D eigenvalue weighted by atomic mass is 35.5. The van der Waals surface area contributed by atoms with Gasteiger partial charge < -0.3 is 14.8 Å². The highest BCUT2D eigenvalue weighted by molar-refractivity contribution is 7.89. The lowest BCUT2D eigenvalue weighted by atomic mass is 9.67. The molecule has 2 N–H and O–H groups in total. The van der Waals surface area contributed by atoms with E-state index in [0.717, 1.165) is 37.9 Å². The molecular formula is C23H29ClN4O4S. The van der Waals surface area contributed by atoms with Crippen LogP contribution in [-0.4, -0.2) is 44.2 Å². The van der Waals surface area contributed by atoms with Crippen LogP contribution in [0.2, 0.25) is 5.02 Å². The Kier molecular flexibility index (Phi) is 5.59. The minimum absolute atomic E-state index is 0.0372. The summed E-state index contributed by atoms with van der Waals surface area (Å²) in [5.74, 6) is 0.729. The van der Waals surface area contributed by atoms with E-state index in [-0.39, 0.29) is 26.8 Å². The third-order valence-electron chi connectivity index (χ3n) is 7.36. The van der Waals surface area contributed by atoms with Gasteiger partial charge in [-0.1, -0.05) is 18.5 Å². The fourth-order valence-electron chi connectivity index (χ4n) is 4.86. The van der Waals surface area contributed by atoms with Crippen molar-refractivity contribution >= 4 is 27.4 Å². The summed E-state index contributed by atoms with van der Waals surface area (Å²) in [6.45, 7) is 3.52. The van der Waals surface area contributed by atoms with Crippen molar-refractivity contribution in [3.05, 3.63) is 41.2 Å². The van der Waals surface area contributed by atoms with Crippen LogP contribution in [0.4, 0.5) is 5.82 Å². The van der Waals surface area contributed by atoms with Crippen LogP contribution in [0.3, 0.4) is 0 Å². The molecule has 4 fully saturated rings. The SMILES string of the molecule is COc1cc(C2(NS(=O)(=O)c3cc(Cl)cnc3NCC34CCC(C)(CC3)CO4)CC2)ccn1. The van der Waals surface area contributed by atoms with Gasteiger partial charge in [-0.25, -0.2) is 23.1 Å². The van der Waals surface area contributed by atoms with Crippen LogP contribution in [0.15, 0.2) is 35.5 Å². The molecule has 0 unspecified atom stereocenters. The van der Waals surface area contributed by atoms with Crippen molar-refractivity contribution in [1.29, 1.82) is 0 Å². The van der Waals surface area contributed by atoms with E-state index in [4.69, 9.17) is 21.1 Å². The number of aromatic nitrogens is 2. The van der Waals surface area contributed by atoms with Crippen molar-refractivity contribution in [2.75, 3.05) is 25.6 Å². The van der Waals surface area contributed by atoms with Crippen LogP contribution in [0.1, 0.15) is 51.0 Å². The number of ether oxygens (including phenoxy) is 2. The molecule has 0 aromatic carbocycles. The van der Waals surface area contributed by atoms with E-state index in [9.17, 15) is 8.42 Å². The molecule has 6 rings (SSSR count). The number of anilines is 1. The van der Waals surface area contributed by atoms with Gasteiger partial charge in [0.2, 0.25) is 15.9 Å². The number of hydrogen-bond acceptors (Lipinski definition) is 7. The van der Waals surface area contributed by atoms with E-state index < -0.39 is 15.6 Å².